The van der Waals surface area contributed by atoms with Gasteiger partial charge in [-0.25, -0.2) is 15.8 Å². The molecule has 0 amide bonds. The number of hydrazine groups is 3. The van der Waals surface area contributed by atoms with Crippen LogP contribution in [0.5, 0.6) is 0 Å². The summed E-state index contributed by atoms with van der Waals surface area (Å²) in [4.78, 5) is 8.91. The van der Waals surface area contributed by atoms with Gasteiger partial charge in [0.15, 0.2) is 0 Å². The summed E-state index contributed by atoms with van der Waals surface area (Å²) < 4.78 is 0. The lowest BCUT2D eigenvalue weighted by atomic mass is 9.82. The van der Waals surface area contributed by atoms with Gasteiger partial charge in [0.05, 0.1) is 0 Å². The molecule has 40 heavy (non-hydrogen) atoms. The maximum absolute atomic E-state index is 4.64. The molecule has 4 rings (SSSR count). The van der Waals surface area contributed by atoms with Crippen molar-refractivity contribution in [1.82, 2.24) is 21.9 Å². The highest BCUT2D eigenvalue weighted by molar-refractivity contribution is 5.96. The number of hydrogen-bond donors (Lipinski definition) is 4. The Morgan fingerprint density at radius 2 is 1.50 bits per heavy atom. The molecule has 1 aliphatic heterocycles. The number of nitrogens with zero attached hydrogens (tertiary/aromatic N) is 2. The summed E-state index contributed by atoms with van der Waals surface area (Å²) in [5.74, 6) is 2.06. The summed E-state index contributed by atoms with van der Waals surface area (Å²) in [5, 5.41) is 0. The van der Waals surface area contributed by atoms with E-state index < -0.39 is 0 Å². The van der Waals surface area contributed by atoms with Gasteiger partial charge in [-0.2, -0.15) is 11.1 Å². The highest BCUT2D eigenvalue weighted by atomic mass is 15.8. The molecule has 0 unspecified atom stereocenters. The van der Waals surface area contributed by atoms with E-state index in [2.05, 4.69) is 101 Å². The lowest BCUT2D eigenvalue weighted by Gasteiger charge is -2.24. The number of unbranched alkanes of at least 4 members (excludes halogenated alkanes) is 1. The van der Waals surface area contributed by atoms with Gasteiger partial charge in [0.25, 0.3) is 0 Å². The molecular weight excluding hydrogens is 492 g/mol. The van der Waals surface area contributed by atoms with E-state index >= 15 is 0 Å². The lowest BCUT2D eigenvalue weighted by Crippen LogP contribution is -2.33. The van der Waals surface area contributed by atoms with E-state index in [1.54, 1.807) is 0 Å². The molecule has 0 atom stereocenters. The molecule has 2 aromatic rings. The van der Waals surface area contributed by atoms with Gasteiger partial charge in [-0.05, 0) is 60.8 Å². The second-order valence-electron chi connectivity index (χ2n) is 9.89. The van der Waals surface area contributed by atoms with Crippen LogP contribution >= 0.6 is 0 Å². The summed E-state index contributed by atoms with van der Waals surface area (Å²) in [7, 11) is 1.86. The molecule has 1 saturated carbocycles. The smallest absolute Gasteiger partial charge is 0.122 e. The summed E-state index contributed by atoms with van der Waals surface area (Å²) in [6.07, 6.45) is 12.8. The van der Waals surface area contributed by atoms with E-state index in [1.165, 1.54) is 72.9 Å². The molecule has 0 spiro atoms. The Morgan fingerprint density at radius 1 is 0.850 bits per heavy atom. The van der Waals surface area contributed by atoms with E-state index in [0.717, 1.165) is 31.0 Å². The van der Waals surface area contributed by atoms with E-state index in [-0.39, 0.29) is 6.17 Å². The van der Waals surface area contributed by atoms with Crippen molar-refractivity contribution in [3.8, 4) is 11.1 Å². The zero-order chi connectivity index (χ0) is 29.6. The van der Waals surface area contributed by atoms with Crippen LogP contribution in [0.1, 0.15) is 124 Å². The summed E-state index contributed by atoms with van der Waals surface area (Å²) >= 11 is 0. The number of benzene rings is 2. The highest BCUT2D eigenvalue weighted by Gasteiger charge is 2.18. The molecule has 224 valence electrons. The normalized spacial score (nSPS) is 15.6. The summed E-state index contributed by atoms with van der Waals surface area (Å²) in [6, 6.07) is 17.2. The average Bonchev–Trinajstić information content (AvgIpc) is 3.54. The topological polar surface area (TPSA) is 72.8 Å². The minimum absolute atomic E-state index is 0.0575. The second kappa shape index (κ2) is 22.3. The largest absolute Gasteiger partial charge is 0.274 e. The third kappa shape index (κ3) is 12.9. The third-order valence-electron chi connectivity index (χ3n) is 7.15. The number of hydrogen-bond acceptors (Lipinski definition) is 5. The van der Waals surface area contributed by atoms with Gasteiger partial charge in [-0.15, -0.1) is 0 Å². The van der Waals surface area contributed by atoms with Crippen molar-refractivity contribution in [1.29, 1.82) is 0 Å². The van der Waals surface area contributed by atoms with Crippen LogP contribution in [0.2, 0.25) is 0 Å². The maximum Gasteiger partial charge on any atom is 0.122 e. The lowest BCUT2D eigenvalue weighted by molar-refractivity contribution is 0.291. The van der Waals surface area contributed by atoms with Crippen molar-refractivity contribution >= 4 is 11.5 Å². The van der Waals surface area contributed by atoms with Crippen LogP contribution in [-0.4, -0.2) is 18.6 Å². The first-order chi connectivity index (χ1) is 19.6. The SMILES string of the molecule is CC.CC.CCCCC(N=C(C)CCCC1CCC1)=NC.CCc1ccc(-c2ccccc2C2NNNN2)cc1. The van der Waals surface area contributed by atoms with Gasteiger partial charge in [0.1, 0.15) is 12.0 Å². The molecule has 4 N–H and O–H groups in total. The Morgan fingerprint density at radius 3 is 2.05 bits per heavy atom. The van der Waals surface area contributed by atoms with Gasteiger partial charge in [-0.3, -0.25) is 4.99 Å². The standard InChI is InChI=1S/C15H18N4.C15H28N2.2C2H6/c1-2-11-7-9-12(10-8-11)13-5-3-4-6-14(13)15-16-18-19-17-15;1-4-5-12-15(16-3)17-13(2)8-6-9-14-10-7-11-14;2*1-2/h3-10,15-19H,2H2,1H3;14H,4-12H2,1-3H3;2*1-2H3. The van der Waals surface area contributed by atoms with Gasteiger partial charge in [-0.1, -0.05) is 122 Å². The highest BCUT2D eigenvalue weighted by Crippen LogP contribution is 2.31. The third-order valence-corrected chi connectivity index (χ3v) is 7.15. The van der Waals surface area contributed by atoms with Crippen LogP contribution in [0.15, 0.2) is 58.5 Å². The number of nitrogens with one attached hydrogen (secondary N) is 4. The van der Waals surface area contributed by atoms with Crippen molar-refractivity contribution in [2.24, 2.45) is 15.9 Å². The summed E-state index contributed by atoms with van der Waals surface area (Å²) in [6.45, 7) is 14.5. The average molecular weight is 551 g/mol. The van der Waals surface area contributed by atoms with Crippen molar-refractivity contribution in [3.63, 3.8) is 0 Å². The molecule has 6 heteroatoms. The van der Waals surface area contributed by atoms with Crippen LogP contribution in [0, 0.1) is 5.92 Å². The minimum atomic E-state index is 0.0575. The molecule has 2 fully saturated rings. The fraction of sp³-hybridized carbons (Fsp3) is 0.588. The first kappa shape index (κ1) is 35.6. The van der Waals surface area contributed by atoms with Crippen LogP contribution in [-0.2, 0) is 6.42 Å². The molecule has 1 saturated heterocycles. The first-order valence-electron chi connectivity index (χ1n) is 15.8. The molecule has 6 nitrogen and oxygen atoms in total. The zero-order valence-corrected chi connectivity index (χ0v) is 26.7. The molecule has 2 aliphatic rings. The van der Waals surface area contributed by atoms with Crippen molar-refractivity contribution in [2.45, 2.75) is 119 Å². The molecule has 0 aromatic heterocycles. The molecule has 1 aliphatic carbocycles. The van der Waals surface area contributed by atoms with Crippen molar-refractivity contribution in [3.05, 3.63) is 59.7 Å². The Labute approximate surface area is 245 Å². The monoisotopic (exact) mass is 550 g/mol. The van der Waals surface area contributed by atoms with E-state index in [0.29, 0.717) is 0 Å². The number of aryl methyl sites for hydroxylation is 1. The summed E-state index contributed by atoms with van der Waals surface area (Å²) in [5.41, 5.74) is 18.3. The van der Waals surface area contributed by atoms with Gasteiger partial charge >= 0.3 is 0 Å². The molecular formula is C34H58N6. The van der Waals surface area contributed by atoms with E-state index in [4.69, 9.17) is 0 Å². The Kier molecular flexibility index (Phi) is 19.9. The van der Waals surface area contributed by atoms with Crippen LogP contribution < -0.4 is 21.9 Å². The Balaban J connectivity index is 0.000000358. The molecule has 2 aromatic carbocycles. The van der Waals surface area contributed by atoms with Crippen molar-refractivity contribution in [2.75, 3.05) is 7.05 Å². The Bertz CT molecular complexity index is 957. The van der Waals surface area contributed by atoms with Gasteiger partial charge < -0.3 is 0 Å². The molecule has 0 bridgehead atoms. The van der Waals surface area contributed by atoms with Crippen molar-refractivity contribution < 1.29 is 0 Å². The van der Waals surface area contributed by atoms with Gasteiger partial charge in [0.2, 0.25) is 0 Å². The second-order valence-corrected chi connectivity index (χ2v) is 9.89. The molecule has 0 radical (unpaired) electrons. The molecule has 1 heterocycles. The van der Waals surface area contributed by atoms with Gasteiger partial charge in [0, 0.05) is 19.2 Å². The predicted molar refractivity (Wildman–Crippen MR) is 176 cm³/mol. The zero-order valence-electron chi connectivity index (χ0n) is 26.7. The number of rotatable bonds is 10. The number of aliphatic imine (C=N–C) groups is 2. The fourth-order valence-corrected chi connectivity index (χ4v) is 4.60. The Hall–Kier alpha value is -2.38. The van der Waals surface area contributed by atoms with E-state index in [1.807, 2.05) is 34.7 Å². The maximum atomic E-state index is 4.64. The van der Waals surface area contributed by atoms with Crippen LogP contribution in [0.25, 0.3) is 11.1 Å². The fourth-order valence-electron chi connectivity index (χ4n) is 4.60. The first-order valence-corrected chi connectivity index (χ1v) is 15.8. The number of amidine groups is 1. The van der Waals surface area contributed by atoms with Crippen LogP contribution in [0.3, 0.4) is 0 Å². The quantitative estimate of drug-likeness (QED) is 0.176. The van der Waals surface area contributed by atoms with E-state index in [9.17, 15) is 0 Å². The predicted octanol–water partition coefficient (Wildman–Crippen LogP) is 8.72. The van der Waals surface area contributed by atoms with Crippen LogP contribution in [0.4, 0.5) is 0 Å². The minimum Gasteiger partial charge on any atom is -0.274 e.